The number of carbonyl (C=O) groups excluding carboxylic acids is 1. The van der Waals surface area contributed by atoms with Crippen LogP contribution in [0.5, 0.6) is 0 Å². The predicted molar refractivity (Wildman–Crippen MR) is 88.0 cm³/mol. The lowest BCUT2D eigenvalue weighted by Crippen LogP contribution is -2.28. The van der Waals surface area contributed by atoms with Crippen molar-refractivity contribution in [2.75, 3.05) is 38.0 Å². The second kappa shape index (κ2) is 8.03. The van der Waals surface area contributed by atoms with Crippen LogP contribution in [0, 0.1) is 6.92 Å². The third kappa shape index (κ3) is 4.74. The Balaban J connectivity index is 1.75. The molecule has 0 saturated carbocycles. The molecule has 1 aromatic carbocycles. The van der Waals surface area contributed by atoms with E-state index in [1.807, 2.05) is 25.1 Å². The van der Waals surface area contributed by atoms with Crippen LogP contribution in [-0.4, -0.2) is 43.5 Å². The lowest BCUT2D eigenvalue weighted by Gasteiger charge is -2.14. The van der Waals surface area contributed by atoms with E-state index >= 15 is 0 Å². The minimum Gasteiger partial charge on any atom is -0.385 e. The Bertz CT molecular complexity index is 467. The molecule has 0 spiro atoms. The van der Waals surface area contributed by atoms with Crippen molar-refractivity contribution in [1.29, 1.82) is 0 Å². The number of hydrogen-bond acceptors (Lipinski definition) is 3. The maximum atomic E-state index is 12.1. The number of nitrogens with zero attached hydrogens (tertiary/aromatic N) is 1. The van der Waals surface area contributed by atoms with Crippen molar-refractivity contribution >= 4 is 11.6 Å². The third-order valence-electron chi connectivity index (χ3n) is 3.99. The second-order valence-corrected chi connectivity index (χ2v) is 5.72. The first-order chi connectivity index (χ1) is 10.2. The summed E-state index contributed by atoms with van der Waals surface area (Å²) in [5.41, 5.74) is 2.96. The van der Waals surface area contributed by atoms with E-state index in [2.05, 4.69) is 22.5 Å². The van der Waals surface area contributed by atoms with Gasteiger partial charge in [0.2, 0.25) is 0 Å². The fraction of sp³-hybridized carbons (Fsp3) is 0.588. The summed E-state index contributed by atoms with van der Waals surface area (Å²) in [5.74, 6) is 0.0302. The van der Waals surface area contributed by atoms with Crippen LogP contribution >= 0.6 is 0 Å². The van der Waals surface area contributed by atoms with Crippen molar-refractivity contribution in [2.45, 2.75) is 33.1 Å². The smallest absolute Gasteiger partial charge is 0.251 e. The number of hydrogen-bond donors (Lipinski definition) is 2. The molecule has 1 saturated heterocycles. The van der Waals surface area contributed by atoms with Crippen molar-refractivity contribution in [1.82, 2.24) is 10.2 Å². The summed E-state index contributed by atoms with van der Waals surface area (Å²) >= 11 is 0. The molecular formula is C17H27N3O. The van der Waals surface area contributed by atoms with Gasteiger partial charge in [0.25, 0.3) is 5.91 Å². The number of rotatable bonds is 7. The van der Waals surface area contributed by atoms with Crippen LogP contribution in [-0.2, 0) is 0 Å². The van der Waals surface area contributed by atoms with Crippen molar-refractivity contribution in [2.24, 2.45) is 0 Å². The van der Waals surface area contributed by atoms with Gasteiger partial charge in [0.15, 0.2) is 0 Å². The van der Waals surface area contributed by atoms with Gasteiger partial charge in [-0.05, 0) is 76.5 Å². The lowest BCUT2D eigenvalue weighted by atomic mass is 10.1. The topological polar surface area (TPSA) is 44.4 Å². The number of anilines is 1. The molecule has 0 bridgehead atoms. The molecule has 1 heterocycles. The third-order valence-corrected chi connectivity index (χ3v) is 3.99. The molecule has 0 aromatic heterocycles. The molecule has 1 amide bonds. The van der Waals surface area contributed by atoms with Gasteiger partial charge in [0.05, 0.1) is 0 Å². The van der Waals surface area contributed by atoms with E-state index < -0.39 is 0 Å². The average Bonchev–Trinajstić information content (AvgIpc) is 2.99. The van der Waals surface area contributed by atoms with E-state index in [9.17, 15) is 4.79 Å². The van der Waals surface area contributed by atoms with Gasteiger partial charge in [0.1, 0.15) is 0 Å². The van der Waals surface area contributed by atoms with Crippen LogP contribution in [0.3, 0.4) is 0 Å². The Kier molecular flexibility index (Phi) is 6.05. The van der Waals surface area contributed by atoms with Crippen LogP contribution in [0.1, 0.15) is 42.1 Å². The zero-order valence-electron chi connectivity index (χ0n) is 13.2. The number of carbonyl (C=O) groups is 1. The van der Waals surface area contributed by atoms with Gasteiger partial charge in [-0.2, -0.15) is 0 Å². The molecule has 1 aliphatic heterocycles. The first-order valence-electron chi connectivity index (χ1n) is 8.06. The summed E-state index contributed by atoms with van der Waals surface area (Å²) in [6, 6.07) is 5.83. The van der Waals surface area contributed by atoms with Crippen LogP contribution < -0.4 is 10.6 Å². The van der Waals surface area contributed by atoms with Gasteiger partial charge in [-0.15, -0.1) is 0 Å². The fourth-order valence-corrected chi connectivity index (χ4v) is 2.81. The van der Waals surface area contributed by atoms with Crippen molar-refractivity contribution in [3.63, 3.8) is 0 Å². The van der Waals surface area contributed by atoms with Crippen LogP contribution in [0.15, 0.2) is 18.2 Å². The molecule has 4 nitrogen and oxygen atoms in total. The quantitative estimate of drug-likeness (QED) is 0.759. The number of benzene rings is 1. The highest BCUT2D eigenvalue weighted by Crippen LogP contribution is 2.16. The first kappa shape index (κ1) is 15.8. The number of likely N-dealkylation sites (tertiary alicyclic amines) is 1. The Hall–Kier alpha value is -1.55. The van der Waals surface area contributed by atoms with Gasteiger partial charge < -0.3 is 15.5 Å². The van der Waals surface area contributed by atoms with E-state index in [-0.39, 0.29) is 5.91 Å². The maximum Gasteiger partial charge on any atom is 0.251 e. The Labute approximate surface area is 127 Å². The SMILES string of the molecule is CCNc1ccc(C(=O)NCCCN2CCCC2)cc1C. The monoisotopic (exact) mass is 289 g/mol. The molecule has 2 N–H and O–H groups in total. The Morgan fingerprint density at radius 2 is 2.05 bits per heavy atom. The summed E-state index contributed by atoms with van der Waals surface area (Å²) in [7, 11) is 0. The maximum absolute atomic E-state index is 12.1. The van der Waals surface area contributed by atoms with E-state index in [4.69, 9.17) is 0 Å². The molecule has 0 radical (unpaired) electrons. The molecule has 1 fully saturated rings. The van der Waals surface area contributed by atoms with E-state index in [0.29, 0.717) is 0 Å². The molecule has 21 heavy (non-hydrogen) atoms. The minimum atomic E-state index is 0.0302. The molecule has 1 aliphatic rings. The Morgan fingerprint density at radius 3 is 2.71 bits per heavy atom. The zero-order valence-corrected chi connectivity index (χ0v) is 13.2. The summed E-state index contributed by atoms with van der Waals surface area (Å²) in [5, 5.41) is 6.30. The van der Waals surface area contributed by atoms with Gasteiger partial charge in [-0.3, -0.25) is 4.79 Å². The van der Waals surface area contributed by atoms with Crippen LogP contribution in [0.4, 0.5) is 5.69 Å². The number of nitrogens with one attached hydrogen (secondary N) is 2. The first-order valence-corrected chi connectivity index (χ1v) is 8.06. The van der Waals surface area contributed by atoms with Gasteiger partial charge in [-0.25, -0.2) is 0 Å². The highest BCUT2D eigenvalue weighted by atomic mass is 16.1. The molecule has 116 valence electrons. The normalized spacial score (nSPS) is 15.1. The van der Waals surface area contributed by atoms with Crippen molar-refractivity contribution in [3.05, 3.63) is 29.3 Å². The van der Waals surface area contributed by atoms with E-state index in [0.717, 1.165) is 42.9 Å². The summed E-state index contributed by atoms with van der Waals surface area (Å²) in [6.07, 6.45) is 3.67. The summed E-state index contributed by atoms with van der Waals surface area (Å²) < 4.78 is 0. The predicted octanol–water partition coefficient (Wildman–Crippen LogP) is 2.64. The fourth-order valence-electron chi connectivity index (χ4n) is 2.81. The van der Waals surface area contributed by atoms with Crippen molar-refractivity contribution < 1.29 is 4.79 Å². The van der Waals surface area contributed by atoms with Crippen LogP contribution in [0.25, 0.3) is 0 Å². The molecule has 0 unspecified atom stereocenters. The molecule has 4 heteroatoms. The molecule has 0 aliphatic carbocycles. The summed E-state index contributed by atoms with van der Waals surface area (Å²) in [6.45, 7) is 9.28. The highest BCUT2D eigenvalue weighted by Gasteiger charge is 2.11. The molecule has 2 rings (SSSR count). The molecular weight excluding hydrogens is 262 g/mol. The second-order valence-electron chi connectivity index (χ2n) is 5.72. The molecule has 0 atom stereocenters. The van der Waals surface area contributed by atoms with Crippen LogP contribution in [0.2, 0.25) is 0 Å². The highest BCUT2D eigenvalue weighted by molar-refractivity contribution is 5.94. The van der Waals surface area contributed by atoms with Gasteiger partial charge >= 0.3 is 0 Å². The average molecular weight is 289 g/mol. The zero-order chi connectivity index (χ0) is 15.1. The Morgan fingerprint density at radius 1 is 1.29 bits per heavy atom. The largest absolute Gasteiger partial charge is 0.385 e. The van der Waals surface area contributed by atoms with Gasteiger partial charge in [0, 0.05) is 24.3 Å². The van der Waals surface area contributed by atoms with E-state index in [1.165, 1.54) is 25.9 Å². The minimum absolute atomic E-state index is 0.0302. The standard InChI is InChI=1S/C17H27N3O/c1-3-18-16-8-7-15(13-14(16)2)17(21)19-9-6-12-20-10-4-5-11-20/h7-8,13,18H,3-6,9-12H2,1-2H3,(H,19,21). The number of amides is 1. The van der Waals surface area contributed by atoms with E-state index in [1.54, 1.807) is 0 Å². The summed E-state index contributed by atoms with van der Waals surface area (Å²) in [4.78, 5) is 14.6. The molecule has 1 aromatic rings. The lowest BCUT2D eigenvalue weighted by molar-refractivity contribution is 0.0952. The van der Waals surface area contributed by atoms with Crippen molar-refractivity contribution in [3.8, 4) is 0 Å². The number of aryl methyl sites for hydroxylation is 1. The van der Waals surface area contributed by atoms with Gasteiger partial charge in [-0.1, -0.05) is 0 Å².